The molecule has 2 rings (SSSR count). The second-order valence-corrected chi connectivity index (χ2v) is 7.72. The Morgan fingerprint density at radius 3 is 2.83 bits per heavy atom. The van der Waals surface area contributed by atoms with E-state index in [0.29, 0.717) is 37.1 Å². The van der Waals surface area contributed by atoms with Crippen LogP contribution in [0.4, 0.5) is 0 Å². The SMILES string of the molecule is CCCCCC(C)CCC1C(=O)CC[C@@H]1COCC1=CC=C(O)C1. The van der Waals surface area contributed by atoms with Crippen LogP contribution >= 0.6 is 0 Å². The van der Waals surface area contributed by atoms with Gasteiger partial charge in [-0.3, -0.25) is 4.79 Å². The highest BCUT2D eigenvalue weighted by Gasteiger charge is 2.34. The molecule has 0 aromatic rings. The summed E-state index contributed by atoms with van der Waals surface area (Å²) in [6.45, 7) is 5.82. The quantitative estimate of drug-likeness (QED) is 0.517. The van der Waals surface area contributed by atoms with Crippen molar-refractivity contribution < 1.29 is 14.6 Å². The molecule has 136 valence electrons. The molecule has 2 unspecified atom stereocenters. The highest BCUT2D eigenvalue weighted by Crippen LogP contribution is 2.34. The number of ether oxygens (including phenoxy) is 1. The van der Waals surface area contributed by atoms with Crippen molar-refractivity contribution in [3.05, 3.63) is 23.5 Å². The summed E-state index contributed by atoms with van der Waals surface area (Å²) in [5.74, 6) is 2.19. The second kappa shape index (κ2) is 10.0. The van der Waals surface area contributed by atoms with Gasteiger partial charge in [0.25, 0.3) is 0 Å². The molecule has 0 spiro atoms. The minimum Gasteiger partial charge on any atom is -0.512 e. The maximum absolute atomic E-state index is 12.2. The number of aliphatic hydroxyl groups is 1. The van der Waals surface area contributed by atoms with Crippen molar-refractivity contribution in [1.29, 1.82) is 0 Å². The van der Waals surface area contributed by atoms with Gasteiger partial charge >= 0.3 is 0 Å². The van der Waals surface area contributed by atoms with Crippen LogP contribution in [0.1, 0.15) is 71.6 Å². The molecule has 0 amide bonds. The lowest BCUT2D eigenvalue weighted by molar-refractivity contribution is -0.121. The van der Waals surface area contributed by atoms with Gasteiger partial charge in [-0.15, -0.1) is 0 Å². The lowest BCUT2D eigenvalue weighted by Gasteiger charge is -2.20. The third kappa shape index (κ3) is 6.08. The maximum atomic E-state index is 12.2. The van der Waals surface area contributed by atoms with Crippen LogP contribution in [-0.4, -0.2) is 24.1 Å². The second-order valence-electron chi connectivity index (χ2n) is 7.72. The number of aliphatic hydroxyl groups excluding tert-OH is 1. The standard InChI is InChI=1S/C21H34O3/c1-3-4-5-6-16(2)7-11-20-18(9-12-21(20)23)15-24-14-17-8-10-19(22)13-17/h8,10,16,18,20,22H,3-7,9,11-15H2,1-2H3/t16?,18-,20?/m1/s1. The molecule has 0 heterocycles. The summed E-state index contributed by atoms with van der Waals surface area (Å²) in [5, 5.41) is 9.40. The Labute approximate surface area is 147 Å². The molecule has 0 radical (unpaired) electrons. The first kappa shape index (κ1) is 19.2. The molecule has 0 aromatic carbocycles. The molecule has 2 aliphatic carbocycles. The van der Waals surface area contributed by atoms with Crippen LogP contribution in [0, 0.1) is 17.8 Å². The van der Waals surface area contributed by atoms with Gasteiger partial charge in [-0.2, -0.15) is 0 Å². The fourth-order valence-electron chi connectivity index (χ4n) is 3.93. The van der Waals surface area contributed by atoms with Crippen molar-refractivity contribution in [1.82, 2.24) is 0 Å². The van der Waals surface area contributed by atoms with Gasteiger partial charge in [0, 0.05) is 18.8 Å². The van der Waals surface area contributed by atoms with Crippen LogP contribution in [0.3, 0.4) is 0 Å². The molecule has 0 saturated heterocycles. The zero-order valence-corrected chi connectivity index (χ0v) is 15.4. The van der Waals surface area contributed by atoms with Gasteiger partial charge in [0.05, 0.1) is 19.0 Å². The molecule has 0 aliphatic heterocycles. The maximum Gasteiger partial charge on any atom is 0.136 e. The van der Waals surface area contributed by atoms with Gasteiger partial charge in [-0.25, -0.2) is 0 Å². The summed E-state index contributed by atoms with van der Waals surface area (Å²) in [7, 11) is 0. The minimum absolute atomic E-state index is 0.211. The number of rotatable bonds is 11. The molecule has 24 heavy (non-hydrogen) atoms. The molecular weight excluding hydrogens is 300 g/mol. The van der Waals surface area contributed by atoms with Gasteiger partial charge in [0.15, 0.2) is 0 Å². The largest absolute Gasteiger partial charge is 0.512 e. The number of allylic oxidation sites excluding steroid dienone is 3. The van der Waals surface area contributed by atoms with Crippen molar-refractivity contribution >= 4 is 5.78 Å². The number of carbonyl (C=O) groups is 1. The molecule has 1 saturated carbocycles. The topological polar surface area (TPSA) is 46.5 Å². The van der Waals surface area contributed by atoms with Crippen LogP contribution in [0.25, 0.3) is 0 Å². The molecule has 2 aliphatic rings. The Kier molecular flexibility index (Phi) is 8.04. The van der Waals surface area contributed by atoms with Gasteiger partial charge in [-0.1, -0.05) is 52.0 Å². The van der Waals surface area contributed by atoms with Crippen molar-refractivity contribution in [2.75, 3.05) is 13.2 Å². The Morgan fingerprint density at radius 1 is 1.29 bits per heavy atom. The van der Waals surface area contributed by atoms with Crippen molar-refractivity contribution in [3.8, 4) is 0 Å². The van der Waals surface area contributed by atoms with Crippen molar-refractivity contribution in [2.24, 2.45) is 17.8 Å². The molecule has 3 heteroatoms. The molecule has 3 atom stereocenters. The van der Waals surface area contributed by atoms with Crippen LogP contribution < -0.4 is 0 Å². The van der Waals surface area contributed by atoms with Crippen molar-refractivity contribution in [3.63, 3.8) is 0 Å². The number of hydrogen-bond acceptors (Lipinski definition) is 3. The number of hydrogen-bond donors (Lipinski definition) is 1. The van der Waals surface area contributed by atoms with Gasteiger partial charge < -0.3 is 9.84 Å². The zero-order chi connectivity index (χ0) is 17.4. The Bertz CT molecular complexity index is 464. The third-order valence-corrected chi connectivity index (χ3v) is 5.55. The Balaban J connectivity index is 1.67. The number of carbonyl (C=O) groups excluding carboxylic acids is 1. The van der Waals surface area contributed by atoms with Gasteiger partial charge in [-0.05, 0) is 36.3 Å². The zero-order valence-electron chi connectivity index (χ0n) is 15.4. The van der Waals surface area contributed by atoms with Crippen LogP contribution in [0.5, 0.6) is 0 Å². The first-order valence-electron chi connectivity index (χ1n) is 9.78. The monoisotopic (exact) mass is 334 g/mol. The lowest BCUT2D eigenvalue weighted by Crippen LogP contribution is -2.20. The average molecular weight is 335 g/mol. The van der Waals surface area contributed by atoms with Gasteiger partial charge in [0.1, 0.15) is 5.78 Å². The van der Waals surface area contributed by atoms with Crippen LogP contribution in [-0.2, 0) is 9.53 Å². The third-order valence-electron chi connectivity index (χ3n) is 5.55. The first-order valence-corrected chi connectivity index (χ1v) is 9.78. The van der Waals surface area contributed by atoms with Crippen LogP contribution in [0.15, 0.2) is 23.5 Å². The van der Waals surface area contributed by atoms with Crippen LogP contribution in [0.2, 0.25) is 0 Å². The molecule has 1 N–H and O–H groups in total. The Morgan fingerprint density at radius 2 is 2.12 bits per heavy atom. The fourth-order valence-corrected chi connectivity index (χ4v) is 3.93. The molecule has 0 aromatic heterocycles. The van der Waals surface area contributed by atoms with E-state index < -0.39 is 0 Å². The van der Waals surface area contributed by atoms with E-state index in [-0.39, 0.29) is 5.92 Å². The predicted molar refractivity (Wildman–Crippen MR) is 98.0 cm³/mol. The normalized spacial score (nSPS) is 25.0. The summed E-state index contributed by atoms with van der Waals surface area (Å²) < 4.78 is 5.85. The predicted octanol–water partition coefficient (Wildman–Crippen LogP) is 5.37. The lowest BCUT2D eigenvalue weighted by atomic mass is 9.87. The Hall–Kier alpha value is -1.09. The fraction of sp³-hybridized carbons (Fsp3) is 0.762. The summed E-state index contributed by atoms with van der Waals surface area (Å²) in [5.41, 5.74) is 1.12. The van der Waals surface area contributed by atoms with E-state index in [1.807, 2.05) is 6.08 Å². The minimum atomic E-state index is 0.211. The van der Waals surface area contributed by atoms with E-state index in [9.17, 15) is 9.90 Å². The molecular formula is C21H34O3. The number of Topliss-reactive ketones (excluding diaryl/α,β-unsaturated/α-hetero) is 1. The summed E-state index contributed by atoms with van der Waals surface area (Å²) in [6, 6.07) is 0. The summed E-state index contributed by atoms with van der Waals surface area (Å²) >= 11 is 0. The van der Waals surface area contributed by atoms with Crippen molar-refractivity contribution in [2.45, 2.75) is 71.6 Å². The highest BCUT2D eigenvalue weighted by atomic mass is 16.5. The highest BCUT2D eigenvalue weighted by molar-refractivity contribution is 5.83. The summed E-state index contributed by atoms with van der Waals surface area (Å²) in [6.07, 6.45) is 13.4. The van der Waals surface area contributed by atoms with Gasteiger partial charge in [0.2, 0.25) is 0 Å². The van der Waals surface area contributed by atoms with E-state index in [0.717, 1.165) is 30.8 Å². The first-order chi connectivity index (χ1) is 11.6. The average Bonchev–Trinajstić information content (AvgIpc) is 3.12. The van der Waals surface area contributed by atoms with E-state index in [2.05, 4.69) is 13.8 Å². The number of unbranched alkanes of at least 4 members (excludes halogenated alkanes) is 2. The van der Waals surface area contributed by atoms with E-state index >= 15 is 0 Å². The van der Waals surface area contributed by atoms with E-state index in [4.69, 9.17) is 4.74 Å². The summed E-state index contributed by atoms with van der Waals surface area (Å²) in [4.78, 5) is 12.2. The molecule has 3 nitrogen and oxygen atoms in total. The van der Waals surface area contributed by atoms with E-state index in [1.165, 1.54) is 32.1 Å². The van der Waals surface area contributed by atoms with E-state index in [1.54, 1.807) is 6.08 Å². The smallest absolute Gasteiger partial charge is 0.136 e. The molecule has 1 fully saturated rings. The number of ketones is 1. The molecule has 0 bridgehead atoms.